The zero-order chi connectivity index (χ0) is 18.3. The Morgan fingerprint density at radius 3 is 2.44 bits per heavy atom. The van der Waals surface area contributed by atoms with Crippen LogP contribution in [0.3, 0.4) is 0 Å². The first-order valence-electron chi connectivity index (χ1n) is 8.46. The van der Waals surface area contributed by atoms with Gasteiger partial charge in [-0.1, -0.05) is 49.6 Å². The number of amides is 1. The van der Waals surface area contributed by atoms with Crippen LogP contribution in [0.1, 0.15) is 37.7 Å². The second-order valence-electron chi connectivity index (χ2n) is 6.42. The molecule has 2 rings (SSSR count). The smallest absolute Gasteiger partial charge is 0.410 e. The van der Waals surface area contributed by atoms with Crippen molar-refractivity contribution in [2.24, 2.45) is 5.92 Å². The number of rotatable bonds is 7. The Morgan fingerprint density at radius 1 is 1.20 bits per heavy atom. The standard InChI is InChI=1S/C17H25NO6S/c19-16(25(21,22)23)12-18(11-14-7-3-1-4-8-14)17(20)24-13-15-9-5-2-6-10-15/h2,5-6,9-10,14,16,19H,1,3-4,7-8,11-13H2,(H,21,22,23). The SMILES string of the molecule is O=C(OCc1ccccc1)N(CC1CCCCC1)CC(O)S(=O)(=O)O. The van der Waals surface area contributed by atoms with Crippen molar-refractivity contribution in [1.29, 1.82) is 0 Å². The highest BCUT2D eigenvalue weighted by Gasteiger charge is 2.29. The summed E-state index contributed by atoms with van der Waals surface area (Å²) < 4.78 is 36.4. The maximum absolute atomic E-state index is 12.4. The van der Waals surface area contributed by atoms with E-state index in [2.05, 4.69) is 0 Å². The molecule has 0 saturated heterocycles. The van der Waals surface area contributed by atoms with Crippen molar-refractivity contribution in [3.63, 3.8) is 0 Å². The molecule has 1 saturated carbocycles. The molecule has 1 amide bonds. The molecule has 0 spiro atoms. The molecule has 1 unspecified atom stereocenters. The molecule has 0 aliphatic heterocycles. The molecular weight excluding hydrogens is 346 g/mol. The van der Waals surface area contributed by atoms with E-state index in [0.29, 0.717) is 6.54 Å². The molecule has 1 aliphatic rings. The van der Waals surface area contributed by atoms with Gasteiger partial charge < -0.3 is 14.7 Å². The molecule has 140 valence electrons. The lowest BCUT2D eigenvalue weighted by Gasteiger charge is -2.30. The molecular formula is C17H25NO6S. The van der Waals surface area contributed by atoms with Crippen molar-refractivity contribution < 1.29 is 27.6 Å². The van der Waals surface area contributed by atoms with Gasteiger partial charge in [0.25, 0.3) is 10.1 Å². The second kappa shape index (κ2) is 9.17. The number of hydrogen-bond acceptors (Lipinski definition) is 5. The van der Waals surface area contributed by atoms with E-state index in [1.54, 1.807) is 0 Å². The van der Waals surface area contributed by atoms with Crippen LogP contribution >= 0.6 is 0 Å². The monoisotopic (exact) mass is 371 g/mol. The number of benzene rings is 1. The predicted molar refractivity (Wildman–Crippen MR) is 92.3 cm³/mol. The first kappa shape index (κ1) is 19.7. The van der Waals surface area contributed by atoms with Crippen LogP contribution in [0.5, 0.6) is 0 Å². The van der Waals surface area contributed by atoms with Crippen LogP contribution in [-0.4, -0.2) is 47.6 Å². The van der Waals surface area contributed by atoms with Crippen LogP contribution in [0, 0.1) is 5.92 Å². The Kier molecular flexibility index (Phi) is 7.22. The Hall–Kier alpha value is -1.64. The molecule has 2 N–H and O–H groups in total. The maximum atomic E-state index is 12.4. The van der Waals surface area contributed by atoms with E-state index in [0.717, 1.165) is 37.7 Å². The summed E-state index contributed by atoms with van der Waals surface area (Å²) in [6.07, 6.45) is 4.49. The predicted octanol–water partition coefficient (Wildman–Crippen LogP) is 2.41. The summed E-state index contributed by atoms with van der Waals surface area (Å²) in [5.41, 5.74) is -1.23. The number of aliphatic hydroxyl groups excluding tert-OH is 1. The lowest BCUT2D eigenvalue weighted by atomic mass is 9.89. The van der Waals surface area contributed by atoms with Crippen LogP contribution in [0.25, 0.3) is 0 Å². The quantitative estimate of drug-likeness (QED) is 0.713. The number of nitrogens with zero attached hydrogens (tertiary/aromatic N) is 1. The fourth-order valence-corrected chi connectivity index (χ4v) is 3.37. The van der Waals surface area contributed by atoms with E-state index in [4.69, 9.17) is 9.29 Å². The summed E-state index contributed by atoms with van der Waals surface area (Å²) in [7, 11) is -4.63. The summed E-state index contributed by atoms with van der Waals surface area (Å²) >= 11 is 0. The molecule has 0 radical (unpaired) electrons. The molecule has 0 aromatic heterocycles. The van der Waals surface area contributed by atoms with E-state index < -0.39 is 28.2 Å². The van der Waals surface area contributed by atoms with Crippen molar-refractivity contribution >= 4 is 16.2 Å². The highest BCUT2D eigenvalue weighted by atomic mass is 32.2. The van der Waals surface area contributed by atoms with Gasteiger partial charge in [0.1, 0.15) is 6.61 Å². The first-order chi connectivity index (χ1) is 11.9. The van der Waals surface area contributed by atoms with Crippen LogP contribution < -0.4 is 0 Å². The lowest BCUT2D eigenvalue weighted by Crippen LogP contribution is -2.43. The summed E-state index contributed by atoms with van der Waals surface area (Å²) in [6.45, 7) is -0.147. The van der Waals surface area contributed by atoms with Crippen molar-refractivity contribution in [2.45, 2.75) is 44.1 Å². The minimum atomic E-state index is -4.63. The van der Waals surface area contributed by atoms with Gasteiger partial charge in [0.15, 0.2) is 5.44 Å². The van der Waals surface area contributed by atoms with Crippen molar-refractivity contribution in [2.75, 3.05) is 13.1 Å². The van der Waals surface area contributed by atoms with Gasteiger partial charge in [-0.15, -0.1) is 0 Å². The summed E-state index contributed by atoms with van der Waals surface area (Å²) in [5.74, 6) is 0.242. The summed E-state index contributed by atoms with van der Waals surface area (Å²) in [4.78, 5) is 13.5. The molecule has 0 bridgehead atoms. The van der Waals surface area contributed by atoms with Gasteiger partial charge in [-0.25, -0.2) is 4.79 Å². The van der Waals surface area contributed by atoms with E-state index in [-0.39, 0.29) is 12.5 Å². The minimum absolute atomic E-state index is 0.0583. The third-order valence-electron chi connectivity index (χ3n) is 4.39. The third-order valence-corrected chi connectivity index (χ3v) is 5.22. The molecule has 0 heterocycles. The molecule has 7 nitrogen and oxygen atoms in total. The van der Waals surface area contributed by atoms with Gasteiger partial charge in [0, 0.05) is 6.54 Å². The fraction of sp³-hybridized carbons (Fsp3) is 0.588. The minimum Gasteiger partial charge on any atom is -0.445 e. The highest BCUT2D eigenvalue weighted by molar-refractivity contribution is 7.86. The number of carbonyl (C=O) groups is 1. The molecule has 1 fully saturated rings. The molecule has 1 aromatic rings. The zero-order valence-electron chi connectivity index (χ0n) is 14.1. The lowest BCUT2D eigenvalue weighted by molar-refractivity contribution is 0.0728. The van der Waals surface area contributed by atoms with E-state index in [1.165, 1.54) is 4.90 Å². The van der Waals surface area contributed by atoms with Gasteiger partial charge in [0.05, 0.1) is 6.54 Å². The largest absolute Gasteiger partial charge is 0.445 e. The summed E-state index contributed by atoms with van der Waals surface area (Å²) in [5, 5.41) is 9.63. The molecule has 1 atom stereocenters. The molecule has 8 heteroatoms. The Labute approximate surface area is 148 Å². The Bertz CT molecular complexity index is 642. The van der Waals surface area contributed by atoms with Crippen LogP contribution in [-0.2, 0) is 21.5 Å². The number of ether oxygens (including phenoxy) is 1. The second-order valence-corrected chi connectivity index (χ2v) is 7.99. The van der Waals surface area contributed by atoms with Crippen molar-refractivity contribution in [1.82, 2.24) is 4.90 Å². The third kappa shape index (κ3) is 6.64. The van der Waals surface area contributed by atoms with Gasteiger partial charge in [-0.05, 0) is 24.3 Å². The van der Waals surface area contributed by atoms with Crippen LogP contribution in [0.15, 0.2) is 30.3 Å². The van der Waals surface area contributed by atoms with Gasteiger partial charge in [0.2, 0.25) is 0 Å². The normalized spacial score (nSPS) is 17.0. The number of aliphatic hydroxyl groups is 1. The Balaban J connectivity index is 1.99. The topological polar surface area (TPSA) is 104 Å². The fourth-order valence-electron chi connectivity index (χ4n) is 3.00. The molecule has 25 heavy (non-hydrogen) atoms. The van der Waals surface area contributed by atoms with Gasteiger partial charge in [-0.2, -0.15) is 8.42 Å². The van der Waals surface area contributed by atoms with Crippen LogP contribution in [0.4, 0.5) is 4.79 Å². The van der Waals surface area contributed by atoms with Gasteiger partial charge >= 0.3 is 6.09 Å². The van der Waals surface area contributed by atoms with Crippen molar-refractivity contribution in [3.8, 4) is 0 Å². The number of hydrogen-bond donors (Lipinski definition) is 2. The Morgan fingerprint density at radius 2 is 1.84 bits per heavy atom. The van der Waals surface area contributed by atoms with E-state index in [9.17, 15) is 18.3 Å². The highest BCUT2D eigenvalue weighted by Crippen LogP contribution is 2.25. The maximum Gasteiger partial charge on any atom is 0.410 e. The average Bonchev–Trinajstić information content (AvgIpc) is 2.60. The average molecular weight is 371 g/mol. The summed E-state index contributed by atoms with van der Waals surface area (Å²) in [6, 6.07) is 9.12. The van der Waals surface area contributed by atoms with E-state index in [1.807, 2.05) is 30.3 Å². The first-order valence-corrected chi connectivity index (χ1v) is 9.96. The number of carbonyl (C=O) groups excluding carboxylic acids is 1. The molecule has 1 aromatic carbocycles. The van der Waals surface area contributed by atoms with E-state index >= 15 is 0 Å². The molecule has 1 aliphatic carbocycles. The van der Waals surface area contributed by atoms with Crippen LogP contribution in [0.2, 0.25) is 0 Å². The zero-order valence-corrected chi connectivity index (χ0v) is 14.9. The van der Waals surface area contributed by atoms with Crippen molar-refractivity contribution in [3.05, 3.63) is 35.9 Å². The van der Waals surface area contributed by atoms with Gasteiger partial charge in [-0.3, -0.25) is 4.55 Å².